The molecule has 0 radical (unpaired) electrons. The van der Waals surface area contributed by atoms with Gasteiger partial charge in [-0.1, -0.05) is 48.0 Å². The molecule has 0 spiro atoms. The van der Waals surface area contributed by atoms with Crippen LogP contribution in [0.4, 0.5) is 0 Å². The van der Waals surface area contributed by atoms with Crippen LogP contribution in [0.5, 0.6) is 5.75 Å². The van der Waals surface area contributed by atoms with Crippen molar-refractivity contribution in [2.75, 3.05) is 40.8 Å². The molecular weight excluding hydrogens is 607 g/mol. The molecule has 2 aromatic carbocycles. The van der Waals surface area contributed by atoms with Gasteiger partial charge in [0, 0.05) is 54.5 Å². The minimum Gasteiger partial charge on any atom is -0.488 e. The van der Waals surface area contributed by atoms with Crippen molar-refractivity contribution >= 4 is 34.2 Å². The second-order valence-electron chi connectivity index (χ2n) is 12.6. The number of aliphatic carboxylic acids is 1. The van der Waals surface area contributed by atoms with Crippen molar-refractivity contribution < 1.29 is 19.4 Å². The topological polar surface area (TPSA) is 83.0 Å². The number of pyridine rings is 1. The van der Waals surface area contributed by atoms with Crippen LogP contribution in [0.2, 0.25) is 0 Å². The number of hydrogen-bond acceptors (Lipinski definition) is 7. The number of piperidine rings is 1. The van der Waals surface area contributed by atoms with Crippen LogP contribution < -0.4 is 4.74 Å². The zero-order valence-corrected chi connectivity index (χ0v) is 28.1. The highest BCUT2D eigenvalue weighted by Crippen LogP contribution is 2.40. The lowest BCUT2D eigenvalue weighted by molar-refractivity contribution is -0.136. The zero-order valence-electron chi connectivity index (χ0n) is 27.3. The molecule has 0 amide bonds. The molecule has 3 aliphatic rings. The summed E-state index contributed by atoms with van der Waals surface area (Å²) < 4.78 is 5.95. The molecule has 1 aliphatic carbocycles. The number of thiophene rings is 1. The van der Waals surface area contributed by atoms with E-state index in [1.54, 1.807) is 17.5 Å². The van der Waals surface area contributed by atoms with Gasteiger partial charge in [-0.2, -0.15) is 0 Å². The van der Waals surface area contributed by atoms with Gasteiger partial charge >= 0.3 is 5.97 Å². The van der Waals surface area contributed by atoms with E-state index in [-0.39, 0.29) is 12.2 Å². The fourth-order valence-electron chi connectivity index (χ4n) is 6.51. The van der Waals surface area contributed by atoms with Gasteiger partial charge in [0.15, 0.2) is 5.78 Å². The minimum atomic E-state index is -0.842. The number of nitrogens with zero attached hydrogens (tertiary/aromatic N) is 3. The summed E-state index contributed by atoms with van der Waals surface area (Å²) in [7, 11) is 6.27. The van der Waals surface area contributed by atoms with Gasteiger partial charge < -0.3 is 19.6 Å². The molecule has 4 heterocycles. The number of benzene rings is 2. The first-order valence-electron chi connectivity index (χ1n) is 16.2. The van der Waals surface area contributed by atoms with Gasteiger partial charge in [0.2, 0.25) is 0 Å². The molecule has 47 heavy (non-hydrogen) atoms. The number of rotatable bonds is 5. The number of Topliss-reactive ketones (excluding diaryl/α,β-unsaturated/α-hetero) is 1. The highest BCUT2D eigenvalue weighted by atomic mass is 32.1. The quantitative estimate of drug-likeness (QED) is 0.250. The van der Waals surface area contributed by atoms with Crippen molar-refractivity contribution in [2.24, 2.45) is 0 Å². The first-order chi connectivity index (χ1) is 22.8. The molecule has 2 aromatic heterocycles. The summed E-state index contributed by atoms with van der Waals surface area (Å²) in [5, 5.41) is 11.2. The van der Waals surface area contributed by atoms with Gasteiger partial charge in [0.25, 0.3) is 0 Å². The maximum Gasteiger partial charge on any atom is 0.307 e. The highest BCUT2D eigenvalue weighted by Gasteiger charge is 2.27. The van der Waals surface area contributed by atoms with Crippen molar-refractivity contribution in [2.45, 2.75) is 38.7 Å². The Balaban J connectivity index is 0.000000165. The van der Waals surface area contributed by atoms with Gasteiger partial charge in [-0.3, -0.25) is 14.6 Å². The largest absolute Gasteiger partial charge is 0.488 e. The van der Waals surface area contributed by atoms with Gasteiger partial charge in [0.05, 0.1) is 17.0 Å². The zero-order chi connectivity index (χ0) is 32.9. The SMILES string of the molecule is CN(C)CC/C=C1\c2cc(CC(=O)O)ccc2OCc2cccnc21.CN1CCC(=C2c3ccccc3CC(=O)c3sccc32)CC1. The number of carbonyl (C=O) groups is 2. The van der Waals surface area contributed by atoms with Crippen LogP contribution in [0.1, 0.15) is 68.0 Å². The van der Waals surface area contributed by atoms with Crippen molar-refractivity contribution in [1.29, 1.82) is 0 Å². The molecule has 0 atom stereocenters. The Morgan fingerprint density at radius 3 is 2.60 bits per heavy atom. The summed E-state index contributed by atoms with van der Waals surface area (Å²) in [6.45, 7) is 3.60. The molecule has 0 saturated carbocycles. The van der Waals surface area contributed by atoms with Crippen molar-refractivity contribution in [3.8, 4) is 5.75 Å². The smallest absolute Gasteiger partial charge is 0.307 e. The molecule has 242 valence electrons. The monoisotopic (exact) mass is 647 g/mol. The third-order valence-corrected chi connectivity index (χ3v) is 9.87. The summed E-state index contributed by atoms with van der Waals surface area (Å²) in [4.78, 5) is 33.7. The Labute approximate surface area is 280 Å². The number of carbonyl (C=O) groups excluding carboxylic acids is 1. The highest BCUT2D eigenvalue weighted by molar-refractivity contribution is 7.12. The van der Waals surface area contributed by atoms with Gasteiger partial charge in [-0.25, -0.2) is 0 Å². The average Bonchev–Trinajstić information content (AvgIpc) is 3.44. The predicted molar refractivity (Wildman–Crippen MR) is 188 cm³/mol. The summed E-state index contributed by atoms with van der Waals surface area (Å²) in [5.41, 5.74) is 11.1. The molecule has 7 rings (SSSR count). The Kier molecular flexibility index (Phi) is 10.1. The van der Waals surface area contributed by atoms with E-state index in [1.807, 2.05) is 50.5 Å². The van der Waals surface area contributed by atoms with E-state index in [1.165, 1.54) is 27.8 Å². The number of hydrogen-bond donors (Lipinski definition) is 1. The third kappa shape index (κ3) is 7.46. The average molecular weight is 648 g/mol. The molecule has 1 N–H and O–H groups in total. The maximum absolute atomic E-state index is 12.6. The second kappa shape index (κ2) is 14.6. The van der Waals surface area contributed by atoms with E-state index >= 15 is 0 Å². The van der Waals surface area contributed by atoms with Gasteiger partial charge in [0.1, 0.15) is 12.4 Å². The van der Waals surface area contributed by atoms with Gasteiger partial charge in [-0.15, -0.1) is 11.3 Å². The molecule has 4 aromatic rings. The van der Waals surface area contributed by atoms with Crippen LogP contribution in [-0.2, 0) is 24.2 Å². The fourth-order valence-corrected chi connectivity index (χ4v) is 7.35. The molecular formula is C39H41N3O4S. The van der Waals surface area contributed by atoms with Crippen molar-refractivity contribution in [1.82, 2.24) is 14.8 Å². The summed E-state index contributed by atoms with van der Waals surface area (Å²) in [6, 6.07) is 20.1. The first kappa shape index (κ1) is 32.6. The van der Waals surface area contributed by atoms with Crippen LogP contribution in [-0.4, -0.2) is 72.4 Å². The molecule has 1 saturated heterocycles. The normalized spacial score (nSPS) is 16.6. The number of carboxylic acid groups (broad SMARTS) is 1. The standard InChI is InChI=1S/C20H22N2O3.C19H19NOS/c1-22(2)10-4-6-16-17-11-14(12-19(23)24)7-8-18(17)25-13-15-5-3-9-21-20(15)16;1-20-9-6-13(7-10-20)18-15-5-3-2-4-14(15)12-17(21)19-16(18)8-11-22-19/h3,5-9,11H,4,10,12-13H2,1-2H3,(H,23,24);2-5,8,11H,6-7,9-10,12H2,1H3/b16-6+;. The van der Waals surface area contributed by atoms with Crippen molar-refractivity contribution in [3.63, 3.8) is 0 Å². The van der Waals surface area contributed by atoms with E-state index in [4.69, 9.17) is 9.84 Å². The van der Waals surface area contributed by atoms with E-state index in [2.05, 4.69) is 57.6 Å². The van der Waals surface area contributed by atoms with Crippen LogP contribution in [0.3, 0.4) is 0 Å². The van der Waals surface area contributed by atoms with Gasteiger partial charge in [-0.05, 0) is 92.3 Å². The number of ketones is 1. The third-order valence-electron chi connectivity index (χ3n) is 8.91. The molecule has 1 fully saturated rings. The Morgan fingerprint density at radius 1 is 1.02 bits per heavy atom. The molecule has 8 heteroatoms. The first-order valence-corrected chi connectivity index (χ1v) is 17.0. The molecule has 0 unspecified atom stereocenters. The number of ether oxygens (including phenoxy) is 1. The van der Waals surface area contributed by atoms with Crippen LogP contribution in [0.25, 0.3) is 11.1 Å². The Hall–Kier alpha value is -4.37. The number of carboxylic acids is 1. The fraction of sp³-hybridized carbons (Fsp3) is 0.308. The number of likely N-dealkylation sites (tertiary alicyclic amines) is 1. The van der Waals surface area contributed by atoms with E-state index in [0.29, 0.717) is 13.0 Å². The van der Waals surface area contributed by atoms with Crippen molar-refractivity contribution in [3.05, 3.63) is 128 Å². The summed E-state index contributed by atoms with van der Waals surface area (Å²) in [6.07, 6.45) is 7.55. The second-order valence-corrected chi connectivity index (χ2v) is 13.5. The van der Waals surface area contributed by atoms with E-state index in [0.717, 1.165) is 77.5 Å². The molecule has 7 nitrogen and oxygen atoms in total. The lowest BCUT2D eigenvalue weighted by atomic mass is 9.88. The minimum absolute atomic E-state index is 0.00661. The Morgan fingerprint density at radius 2 is 1.81 bits per heavy atom. The van der Waals surface area contributed by atoms with Crippen LogP contribution in [0.15, 0.2) is 83.9 Å². The molecule has 2 aliphatic heterocycles. The number of fused-ring (bicyclic) bond motifs is 4. The number of aromatic nitrogens is 1. The Bertz CT molecular complexity index is 1840. The maximum atomic E-state index is 12.6. The molecule has 0 bridgehead atoms. The lowest BCUT2D eigenvalue weighted by Crippen LogP contribution is -2.27. The van der Waals surface area contributed by atoms with E-state index in [9.17, 15) is 9.59 Å². The lowest BCUT2D eigenvalue weighted by Gasteiger charge is -2.27. The predicted octanol–water partition coefficient (Wildman–Crippen LogP) is 7.00. The summed E-state index contributed by atoms with van der Waals surface area (Å²) in [5.74, 6) is 0.190. The summed E-state index contributed by atoms with van der Waals surface area (Å²) >= 11 is 1.59. The van der Waals surface area contributed by atoms with Crippen LogP contribution in [0, 0.1) is 0 Å². The van der Waals surface area contributed by atoms with Crippen LogP contribution >= 0.6 is 11.3 Å². The van der Waals surface area contributed by atoms with E-state index < -0.39 is 5.97 Å².